The van der Waals surface area contributed by atoms with Gasteiger partial charge in [-0.3, -0.25) is 19.1 Å². The molecule has 0 radical (unpaired) electrons. The lowest BCUT2D eigenvalue weighted by atomic mass is 9.76. The summed E-state index contributed by atoms with van der Waals surface area (Å²) in [7, 11) is 1.41. The third kappa shape index (κ3) is 3.42. The maximum Gasteiger partial charge on any atom is 0.311 e. The van der Waals surface area contributed by atoms with Gasteiger partial charge in [0.2, 0.25) is 11.9 Å². The predicted molar refractivity (Wildman–Crippen MR) is 106 cm³/mol. The molecule has 2 fully saturated rings. The van der Waals surface area contributed by atoms with Gasteiger partial charge in [-0.2, -0.15) is 0 Å². The average molecular weight is 397 g/mol. The number of carbonyl (C=O) groups excluding carboxylic acids is 2. The minimum Gasteiger partial charge on any atom is -0.469 e. The van der Waals surface area contributed by atoms with Crippen LogP contribution in [0.4, 0.5) is 0 Å². The summed E-state index contributed by atoms with van der Waals surface area (Å²) in [5.41, 5.74) is 0.700. The van der Waals surface area contributed by atoms with E-state index in [0.29, 0.717) is 12.5 Å². The predicted octanol–water partition coefficient (Wildman–Crippen LogP) is 1.64. The van der Waals surface area contributed by atoms with Crippen LogP contribution in [0.5, 0.6) is 0 Å². The van der Waals surface area contributed by atoms with Crippen molar-refractivity contribution < 1.29 is 14.3 Å². The maximum atomic E-state index is 12.5. The van der Waals surface area contributed by atoms with E-state index in [9.17, 15) is 9.59 Å². The molecule has 4 rings (SSSR count). The standard InChI is InChI=1S/C21H27N5O3/c1-3-26-18(27)14-17(19(28)29-2)21(26)7-12-24(13-8-21)15-16-6-4-11-25(16)20-22-9-5-10-23-20/h4-6,9-11,17H,3,7-8,12-15H2,1-2H3. The van der Waals surface area contributed by atoms with Gasteiger partial charge >= 0.3 is 5.97 Å². The Bertz CT molecular complexity index is 871. The van der Waals surface area contributed by atoms with E-state index in [2.05, 4.69) is 20.9 Å². The monoisotopic (exact) mass is 397 g/mol. The summed E-state index contributed by atoms with van der Waals surface area (Å²) in [6, 6.07) is 5.88. The Balaban J connectivity index is 1.49. The van der Waals surface area contributed by atoms with Gasteiger partial charge in [0.05, 0.1) is 18.6 Å². The second kappa shape index (κ2) is 7.94. The molecule has 0 bridgehead atoms. The quantitative estimate of drug-likeness (QED) is 0.714. The summed E-state index contributed by atoms with van der Waals surface area (Å²) >= 11 is 0. The van der Waals surface area contributed by atoms with Crippen LogP contribution in [-0.4, -0.2) is 68.5 Å². The van der Waals surface area contributed by atoms with Crippen molar-refractivity contribution in [3.8, 4) is 5.95 Å². The highest BCUT2D eigenvalue weighted by molar-refractivity contribution is 5.89. The zero-order chi connectivity index (χ0) is 20.4. The number of methoxy groups -OCH3 is 1. The van der Waals surface area contributed by atoms with Gasteiger partial charge in [-0.1, -0.05) is 0 Å². The van der Waals surface area contributed by atoms with E-state index < -0.39 is 5.54 Å². The molecule has 2 saturated heterocycles. The molecule has 0 aromatic carbocycles. The zero-order valence-electron chi connectivity index (χ0n) is 17.0. The van der Waals surface area contributed by atoms with Crippen LogP contribution in [0.1, 0.15) is 31.9 Å². The summed E-state index contributed by atoms with van der Waals surface area (Å²) in [4.78, 5) is 37.9. The Labute approximate surface area is 170 Å². The van der Waals surface area contributed by atoms with Crippen molar-refractivity contribution in [3.05, 3.63) is 42.5 Å². The molecule has 2 aliphatic rings. The number of esters is 1. The van der Waals surface area contributed by atoms with Crippen LogP contribution in [0.25, 0.3) is 5.95 Å². The van der Waals surface area contributed by atoms with Crippen LogP contribution in [0, 0.1) is 5.92 Å². The molecule has 1 spiro atoms. The minimum atomic E-state index is -0.417. The molecule has 8 nitrogen and oxygen atoms in total. The molecule has 0 N–H and O–H groups in total. The summed E-state index contributed by atoms with van der Waals surface area (Å²) in [5, 5.41) is 0. The first-order valence-electron chi connectivity index (χ1n) is 10.1. The molecule has 2 aromatic heterocycles. The first-order valence-corrected chi connectivity index (χ1v) is 10.1. The first-order chi connectivity index (χ1) is 14.1. The Kier molecular flexibility index (Phi) is 5.36. The Morgan fingerprint density at radius 3 is 2.62 bits per heavy atom. The van der Waals surface area contributed by atoms with Gasteiger partial charge in [0, 0.05) is 56.9 Å². The Hall–Kier alpha value is -2.74. The second-order valence-electron chi connectivity index (χ2n) is 7.72. The van der Waals surface area contributed by atoms with Gasteiger partial charge < -0.3 is 9.64 Å². The van der Waals surface area contributed by atoms with Gasteiger partial charge in [0.25, 0.3) is 0 Å². The molecule has 154 valence electrons. The van der Waals surface area contributed by atoms with Crippen molar-refractivity contribution in [1.29, 1.82) is 0 Å². The lowest BCUT2D eigenvalue weighted by Gasteiger charge is -2.46. The summed E-state index contributed by atoms with van der Waals surface area (Å²) < 4.78 is 7.03. The molecular formula is C21H27N5O3. The van der Waals surface area contributed by atoms with Crippen LogP contribution in [0.15, 0.2) is 36.8 Å². The van der Waals surface area contributed by atoms with Gasteiger partial charge in [0.1, 0.15) is 0 Å². The molecule has 8 heteroatoms. The lowest BCUT2D eigenvalue weighted by Crippen LogP contribution is -2.57. The van der Waals surface area contributed by atoms with Gasteiger partial charge in [-0.25, -0.2) is 9.97 Å². The summed E-state index contributed by atoms with van der Waals surface area (Å²) in [6.45, 7) is 5.01. The van der Waals surface area contributed by atoms with Gasteiger partial charge in [0.15, 0.2) is 0 Å². The molecular weight excluding hydrogens is 370 g/mol. The fraction of sp³-hybridized carbons (Fsp3) is 0.524. The van der Waals surface area contributed by atoms with Crippen LogP contribution >= 0.6 is 0 Å². The van der Waals surface area contributed by atoms with Crippen LogP contribution < -0.4 is 0 Å². The number of ether oxygens (including phenoxy) is 1. The first kappa shape index (κ1) is 19.6. The number of amides is 1. The van der Waals surface area contributed by atoms with Crippen molar-refractivity contribution in [1.82, 2.24) is 24.3 Å². The fourth-order valence-corrected chi connectivity index (χ4v) is 4.95. The normalized spacial score (nSPS) is 21.7. The molecule has 1 atom stereocenters. The van der Waals surface area contributed by atoms with Crippen molar-refractivity contribution >= 4 is 11.9 Å². The molecule has 4 heterocycles. The zero-order valence-corrected chi connectivity index (χ0v) is 17.0. The minimum absolute atomic E-state index is 0.0615. The number of carbonyl (C=O) groups is 2. The third-order valence-corrected chi connectivity index (χ3v) is 6.38. The number of piperidine rings is 1. The highest BCUT2D eigenvalue weighted by Crippen LogP contribution is 2.44. The smallest absolute Gasteiger partial charge is 0.311 e. The topological polar surface area (TPSA) is 80.6 Å². The number of aromatic nitrogens is 3. The Morgan fingerprint density at radius 1 is 1.24 bits per heavy atom. The summed E-state index contributed by atoms with van der Waals surface area (Å²) in [5.74, 6) is 0.0817. The molecule has 29 heavy (non-hydrogen) atoms. The Morgan fingerprint density at radius 2 is 1.97 bits per heavy atom. The molecule has 1 unspecified atom stereocenters. The van der Waals surface area contributed by atoms with Gasteiger partial charge in [-0.05, 0) is 38.0 Å². The SMILES string of the molecule is CCN1C(=O)CC(C(=O)OC)C12CCN(Cc1cccn1-c1ncccn1)CC2. The maximum absolute atomic E-state index is 12.5. The van der Waals surface area contributed by atoms with E-state index in [1.807, 2.05) is 28.7 Å². The number of hydrogen-bond acceptors (Lipinski definition) is 6. The molecule has 2 aromatic rings. The van der Waals surface area contributed by atoms with Crippen molar-refractivity contribution in [3.63, 3.8) is 0 Å². The van der Waals surface area contributed by atoms with Crippen LogP contribution in [-0.2, 0) is 20.9 Å². The third-order valence-electron chi connectivity index (χ3n) is 6.38. The molecule has 0 aliphatic carbocycles. The highest BCUT2D eigenvalue weighted by atomic mass is 16.5. The van der Waals surface area contributed by atoms with Crippen molar-refractivity contribution in [2.24, 2.45) is 5.92 Å². The van der Waals surface area contributed by atoms with Crippen molar-refractivity contribution in [2.75, 3.05) is 26.7 Å². The van der Waals surface area contributed by atoms with E-state index in [4.69, 9.17) is 4.74 Å². The largest absolute Gasteiger partial charge is 0.469 e. The fourth-order valence-electron chi connectivity index (χ4n) is 4.95. The molecule has 0 saturated carbocycles. The van der Waals surface area contributed by atoms with Crippen molar-refractivity contribution in [2.45, 2.75) is 38.3 Å². The van der Waals surface area contributed by atoms with E-state index >= 15 is 0 Å². The second-order valence-corrected chi connectivity index (χ2v) is 7.72. The van der Waals surface area contributed by atoms with Crippen LogP contribution in [0.2, 0.25) is 0 Å². The van der Waals surface area contributed by atoms with E-state index in [-0.39, 0.29) is 24.2 Å². The molecule has 2 aliphatic heterocycles. The van der Waals surface area contributed by atoms with E-state index in [0.717, 1.165) is 38.2 Å². The summed E-state index contributed by atoms with van der Waals surface area (Å²) in [6.07, 6.45) is 7.25. The number of hydrogen-bond donors (Lipinski definition) is 0. The number of rotatable bonds is 5. The number of nitrogens with zero attached hydrogens (tertiary/aromatic N) is 5. The van der Waals surface area contributed by atoms with Gasteiger partial charge in [-0.15, -0.1) is 0 Å². The van der Waals surface area contributed by atoms with E-state index in [1.165, 1.54) is 7.11 Å². The number of likely N-dealkylation sites (tertiary alicyclic amines) is 2. The lowest BCUT2D eigenvalue weighted by molar-refractivity contribution is -0.150. The highest BCUT2D eigenvalue weighted by Gasteiger charge is 2.56. The average Bonchev–Trinajstić information content (AvgIpc) is 3.32. The molecule has 1 amide bonds. The van der Waals surface area contributed by atoms with E-state index in [1.54, 1.807) is 18.5 Å². The van der Waals surface area contributed by atoms with Crippen LogP contribution in [0.3, 0.4) is 0 Å².